The van der Waals surface area contributed by atoms with Gasteiger partial charge in [0.25, 0.3) is 10.0 Å². The summed E-state index contributed by atoms with van der Waals surface area (Å²) in [5.41, 5.74) is 5.75. The second kappa shape index (κ2) is 5.51. The summed E-state index contributed by atoms with van der Waals surface area (Å²) in [6.45, 7) is -0.0691. The van der Waals surface area contributed by atoms with Gasteiger partial charge in [-0.15, -0.1) is 0 Å². The molecule has 0 aliphatic carbocycles. The Kier molecular flexibility index (Phi) is 3.96. The fourth-order valence-corrected chi connectivity index (χ4v) is 2.70. The van der Waals surface area contributed by atoms with E-state index >= 15 is 0 Å². The topological polar surface area (TPSA) is 85.1 Å². The number of nitrogens with zero attached hydrogens (tertiary/aromatic N) is 1. The van der Waals surface area contributed by atoms with Gasteiger partial charge in [0.2, 0.25) is 5.03 Å². The van der Waals surface area contributed by atoms with Gasteiger partial charge in [-0.2, -0.15) is 8.42 Å². The van der Waals surface area contributed by atoms with Gasteiger partial charge in [-0.05, 0) is 35.9 Å². The summed E-state index contributed by atoms with van der Waals surface area (Å²) < 4.78 is 52.7. The normalized spacial score (nSPS) is 11.3. The molecule has 0 aliphatic heterocycles. The largest absolute Gasteiger partial charge is 0.326 e. The van der Waals surface area contributed by atoms with E-state index in [1.165, 1.54) is 12.1 Å². The molecule has 1 heterocycles. The van der Waals surface area contributed by atoms with Crippen LogP contribution in [0.1, 0.15) is 5.56 Å². The molecular formula is C12H11F2N3O2S. The maximum absolute atomic E-state index is 13.5. The van der Waals surface area contributed by atoms with Gasteiger partial charge >= 0.3 is 0 Å². The van der Waals surface area contributed by atoms with Crippen LogP contribution in [0, 0.1) is 11.6 Å². The first-order valence-electron chi connectivity index (χ1n) is 5.56. The first kappa shape index (κ1) is 14.4. The third-order valence-electron chi connectivity index (χ3n) is 2.51. The number of rotatable bonds is 4. The number of halogens is 2. The van der Waals surface area contributed by atoms with Crippen molar-refractivity contribution in [2.45, 2.75) is 11.6 Å². The minimum atomic E-state index is -4.20. The molecule has 0 saturated carbocycles. The van der Waals surface area contributed by atoms with Crippen molar-refractivity contribution in [3.63, 3.8) is 0 Å². The Morgan fingerprint density at radius 3 is 2.65 bits per heavy atom. The number of pyridine rings is 1. The quantitative estimate of drug-likeness (QED) is 0.898. The van der Waals surface area contributed by atoms with Crippen molar-refractivity contribution in [2.24, 2.45) is 5.73 Å². The second-order valence-corrected chi connectivity index (χ2v) is 5.50. The van der Waals surface area contributed by atoms with Crippen LogP contribution >= 0.6 is 0 Å². The molecule has 2 aromatic rings. The number of nitrogens with two attached hydrogens (primary N) is 1. The molecule has 2 rings (SSSR count). The van der Waals surface area contributed by atoms with Gasteiger partial charge in [0.15, 0.2) is 5.82 Å². The van der Waals surface area contributed by atoms with Crippen LogP contribution in [-0.2, 0) is 16.6 Å². The van der Waals surface area contributed by atoms with Crippen LogP contribution < -0.4 is 10.5 Å². The monoisotopic (exact) mass is 299 g/mol. The highest BCUT2D eigenvalue weighted by molar-refractivity contribution is 7.92. The lowest BCUT2D eigenvalue weighted by atomic mass is 10.2. The molecule has 20 heavy (non-hydrogen) atoms. The van der Waals surface area contributed by atoms with E-state index in [-0.39, 0.29) is 17.8 Å². The zero-order chi connectivity index (χ0) is 14.8. The van der Waals surface area contributed by atoms with Crippen molar-refractivity contribution in [1.29, 1.82) is 0 Å². The molecule has 106 valence electrons. The molecule has 0 bridgehead atoms. The van der Waals surface area contributed by atoms with Gasteiger partial charge < -0.3 is 5.73 Å². The smallest absolute Gasteiger partial charge is 0.282 e. The SMILES string of the molecule is NCc1cc(F)ccc1NS(=O)(=O)c1ncccc1F. The minimum Gasteiger partial charge on any atom is -0.326 e. The van der Waals surface area contributed by atoms with Crippen molar-refractivity contribution in [2.75, 3.05) is 4.72 Å². The highest BCUT2D eigenvalue weighted by Gasteiger charge is 2.21. The van der Waals surface area contributed by atoms with Crippen LogP contribution in [0.3, 0.4) is 0 Å². The Morgan fingerprint density at radius 1 is 1.25 bits per heavy atom. The van der Waals surface area contributed by atoms with Gasteiger partial charge in [0.05, 0.1) is 5.69 Å². The van der Waals surface area contributed by atoms with Crippen molar-refractivity contribution >= 4 is 15.7 Å². The number of nitrogens with one attached hydrogen (secondary N) is 1. The molecule has 0 radical (unpaired) electrons. The molecule has 1 aromatic carbocycles. The maximum Gasteiger partial charge on any atom is 0.282 e. The third kappa shape index (κ3) is 2.91. The number of benzene rings is 1. The van der Waals surface area contributed by atoms with Crippen molar-refractivity contribution in [1.82, 2.24) is 4.98 Å². The van der Waals surface area contributed by atoms with E-state index < -0.39 is 26.7 Å². The summed E-state index contributed by atoms with van der Waals surface area (Å²) >= 11 is 0. The number of aromatic nitrogens is 1. The zero-order valence-corrected chi connectivity index (χ0v) is 11.0. The number of hydrogen-bond donors (Lipinski definition) is 2. The average molecular weight is 299 g/mol. The van der Waals surface area contributed by atoms with E-state index in [1.807, 2.05) is 0 Å². The highest BCUT2D eigenvalue weighted by Crippen LogP contribution is 2.21. The van der Waals surface area contributed by atoms with Crippen LogP contribution in [0.2, 0.25) is 0 Å². The van der Waals surface area contributed by atoms with Crippen LogP contribution in [0.5, 0.6) is 0 Å². The van der Waals surface area contributed by atoms with E-state index in [4.69, 9.17) is 5.73 Å². The van der Waals surface area contributed by atoms with Crippen LogP contribution in [0.15, 0.2) is 41.6 Å². The second-order valence-electron chi connectivity index (χ2n) is 3.90. The van der Waals surface area contributed by atoms with Crippen molar-refractivity contribution < 1.29 is 17.2 Å². The zero-order valence-electron chi connectivity index (χ0n) is 10.2. The summed E-state index contributed by atoms with van der Waals surface area (Å²) in [5.74, 6) is -1.52. The molecule has 3 N–H and O–H groups in total. The van der Waals surface area contributed by atoms with E-state index in [2.05, 4.69) is 9.71 Å². The van der Waals surface area contributed by atoms with Crippen LogP contribution in [0.25, 0.3) is 0 Å². The first-order chi connectivity index (χ1) is 9.44. The van der Waals surface area contributed by atoms with Gasteiger partial charge in [0, 0.05) is 12.7 Å². The lowest BCUT2D eigenvalue weighted by Crippen LogP contribution is -2.18. The summed E-state index contributed by atoms with van der Waals surface area (Å²) in [6, 6.07) is 5.65. The minimum absolute atomic E-state index is 0.0691. The van der Waals surface area contributed by atoms with Crippen LogP contribution in [-0.4, -0.2) is 13.4 Å². The Bertz CT molecular complexity index is 735. The van der Waals surface area contributed by atoms with E-state index in [0.29, 0.717) is 0 Å². The Hall–Kier alpha value is -2.06. The average Bonchev–Trinajstić information content (AvgIpc) is 2.41. The van der Waals surface area contributed by atoms with Gasteiger partial charge in [-0.1, -0.05) is 0 Å². The predicted octanol–water partition coefficient (Wildman–Crippen LogP) is 1.62. The summed E-state index contributed by atoms with van der Waals surface area (Å²) in [7, 11) is -4.20. The fourth-order valence-electron chi connectivity index (χ4n) is 1.59. The Balaban J connectivity index is 2.41. The summed E-state index contributed by atoms with van der Waals surface area (Å²) in [4.78, 5) is 3.49. The number of sulfonamides is 1. The van der Waals surface area contributed by atoms with Crippen molar-refractivity contribution in [3.05, 3.63) is 53.7 Å². The lowest BCUT2D eigenvalue weighted by Gasteiger charge is -2.11. The summed E-state index contributed by atoms with van der Waals surface area (Å²) in [5, 5.41) is -0.729. The molecule has 0 amide bonds. The fraction of sp³-hybridized carbons (Fsp3) is 0.0833. The van der Waals surface area contributed by atoms with Gasteiger partial charge in [-0.3, -0.25) is 4.72 Å². The highest BCUT2D eigenvalue weighted by atomic mass is 32.2. The molecule has 8 heteroatoms. The third-order valence-corrected chi connectivity index (χ3v) is 3.81. The van der Waals surface area contributed by atoms with Gasteiger partial charge in [-0.25, -0.2) is 13.8 Å². The Labute approximate surface area is 114 Å². The molecule has 0 fully saturated rings. The first-order valence-corrected chi connectivity index (χ1v) is 7.04. The Morgan fingerprint density at radius 2 is 2.00 bits per heavy atom. The number of anilines is 1. The summed E-state index contributed by atoms with van der Waals surface area (Å²) in [6.07, 6.45) is 1.16. The van der Waals surface area contributed by atoms with E-state index in [0.717, 1.165) is 24.4 Å². The van der Waals surface area contributed by atoms with E-state index in [9.17, 15) is 17.2 Å². The molecule has 0 spiro atoms. The van der Waals surface area contributed by atoms with E-state index in [1.54, 1.807) is 0 Å². The standard InChI is InChI=1S/C12H11F2N3O2S/c13-9-3-4-11(8(6-9)7-15)17-20(18,19)12-10(14)2-1-5-16-12/h1-6,17H,7,15H2. The molecular weight excluding hydrogens is 288 g/mol. The number of hydrogen-bond acceptors (Lipinski definition) is 4. The maximum atomic E-state index is 13.5. The van der Waals surface area contributed by atoms with Gasteiger partial charge in [0.1, 0.15) is 5.82 Å². The molecule has 5 nitrogen and oxygen atoms in total. The molecule has 1 aromatic heterocycles. The van der Waals surface area contributed by atoms with Crippen molar-refractivity contribution in [3.8, 4) is 0 Å². The predicted molar refractivity (Wildman–Crippen MR) is 69.3 cm³/mol. The molecule has 0 aliphatic rings. The molecule has 0 saturated heterocycles. The van der Waals surface area contributed by atoms with Crippen LogP contribution in [0.4, 0.5) is 14.5 Å². The molecule has 0 unspecified atom stereocenters. The molecule has 0 atom stereocenters. The lowest BCUT2D eigenvalue weighted by molar-refractivity contribution is 0.556.